The fourth-order valence-corrected chi connectivity index (χ4v) is 2.04. The zero-order valence-corrected chi connectivity index (χ0v) is 11.4. The monoisotopic (exact) mass is 311 g/mol. The number of anilines is 1. The molecule has 0 bridgehead atoms. The summed E-state index contributed by atoms with van der Waals surface area (Å²) in [6.45, 7) is 2.28. The SMILES string of the molecule is Cc1ccc(NCc2ccc(F)c(Br)c2)c(F)c1. The Bertz CT molecular complexity index is 570. The van der Waals surface area contributed by atoms with Crippen molar-refractivity contribution in [2.75, 3.05) is 5.32 Å². The average Bonchev–Trinajstić information content (AvgIpc) is 2.32. The van der Waals surface area contributed by atoms with Crippen LogP contribution in [0.3, 0.4) is 0 Å². The van der Waals surface area contributed by atoms with Crippen molar-refractivity contribution < 1.29 is 8.78 Å². The van der Waals surface area contributed by atoms with Crippen molar-refractivity contribution >= 4 is 21.6 Å². The van der Waals surface area contributed by atoms with Gasteiger partial charge < -0.3 is 5.32 Å². The fourth-order valence-electron chi connectivity index (χ4n) is 1.61. The molecule has 1 N–H and O–H groups in total. The standard InChI is InChI=1S/C14H12BrF2N/c1-9-2-5-14(13(17)6-9)18-8-10-3-4-12(16)11(15)7-10/h2-7,18H,8H2,1H3. The van der Waals surface area contributed by atoms with Gasteiger partial charge in [-0.2, -0.15) is 0 Å². The third-order valence-corrected chi connectivity index (χ3v) is 3.20. The van der Waals surface area contributed by atoms with Crippen LogP contribution in [0.4, 0.5) is 14.5 Å². The highest BCUT2D eigenvalue weighted by molar-refractivity contribution is 9.10. The van der Waals surface area contributed by atoms with E-state index < -0.39 is 0 Å². The highest BCUT2D eigenvalue weighted by Crippen LogP contribution is 2.19. The molecular formula is C14H12BrF2N. The number of nitrogens with one attached hydrogen (secondary N) is 1. The van der Waals surface area contributed by atoms with Crippen LogP contribution in [0.5, 0.6) is 0 Å². The summed E-state index contributed by atoms with van der Waals surface area (Å²) in [4.78, 5) is 0. The summed E-state index contributed by atoms with van der Waals surface area (Å²) in [5, 5.41) is 2.98. The van der Waals surface area contributed by atoms with E-state index in [9.17, 15) is 8.78 Å². The lowest BCUT2D eigenvalue weighted by molar-refractivity contribution is 0.620. The maximum Gasteiger partial charge on any atom is 0.146 e. The van der Waals surface area contributed by atoms with Gasteiger partial charge >= 0.3 is 0 Å². The lowest BCUT2D eigenvalue weighted by Crippen LogP contribution is -2.01. The minimum absolute atomic E-state index is 0.281. The first-order chi connectivity index (χ1) is 8.56. The molecule has 0 saturated carbocycles. The molecule has 18 heavy (non-hydrogen) atoms. The third-order valence-electron chi connectivity index (χ3n) is 2.59. The van der Waals surface area contributed by atoms with E-state index in [1.807, 2.05) is 13.0 Å². The molecule has 0 aliphatic carbocycles. The highest BCUT2D eigenvalue weighted by atomic mass is 79.9. The number of hydrogen-bond donors (Lipinski definition) is 1. The molecular weight excluding hydrogens is 300 g/mol. The summed E-state index contributed by atoms with van der Waals surface area (Å²) in [7, 11) is 0. The molecule has 2 rings (SSSR count). The summed E-state index contributed by atoms with van der Waals surface area (Å²) < 4.78 is 27.0. The van der Waals surface area contributed by atoms with E-state index in [4.69, 9.17) is 0 Å². The van der Waals surface area contributed by atoms with Gasteiger partial charge in [0, 0.05) is 6.54 Å². The molecule has 0 spiro atoms. The van der Waals surface area contributed by atoms with E-state index in [0.29, 0.717) is 16.7 Å². The molecule has 0 aliphatic rings. The van der Waals surface area contributed by atoms with Crippen LogP contribution in [0, 0.1) is 18.6 Å². The lowest BCUT2D eigenvalue weighted by atomic mass is 10.2. The first kappa shape index (κ1) is 13.0. The second-order valence-corrected chi connectivity index (χ2v) is 4.94. The Morgan fingerprint density at radius 3 is 2.50 bits per heavy atom. The molecule has 94 valence electrons. The van der Waals surface area contributed by atoms with Gasteiger partial charge in [0.25, 0.3) is 0 Å². The van der Waals surface area contributed by atoms with Crippen LogP contribution in [0.1, 0.15) is 11.1 Å². The molecule has 0 aromatic heterocycles. The van der Waals surface area contributed by atoms with E-state index in [-0.39, 0.29) is 11.6 Å². The lowest BCUT2D eigenvalue weighted by Gasteiger charge is -2.08. The van der Waals surface area contributed by atoms with E-state index >= 15 is 0 Å². The Morgan fingerprint density at radius 2 is 1.83 bits per heavy atom. The Kier molecular flexibility index (Phi) is 3.97. The number of aryl methyl sites for hydroxylation is 1. The minimum atomic E-state index is -0.305. The van der Waals surface area contributed by atoms with Gasteiger partial charge in [-0.15, -0.1) is 0 Å². The molecule has 0 amide bonds. The van der Waals surface area contributed by atoms with Gasteiger partial charge in [0.2, 0.25) is 0 Å². The smallest absolute Gasteiger partial charge is 0.146 e. The van der Waals surface area contributed by atoms with Crippen molar-refractivity contribution in [2.24, 2.45) is 0 Å². The van der Waals surface area contributed by atoms with Gasteiger partial charge in [0.05, 0.1) is 10.2 Å². The zero-order valence-electron chi connectivity index (χ0n) is 9.81. The molecule has 2 aromatic rings. The summed E-state index contributed by atoms with van der Waals surface area (Å²) in [5.74, 6) is -0.587. The first-order valence-electron chi connectivity index (χ1n) is 5.50. The maximum absolute atomic E-state index is 13.6. The Labute approximate surface area is 113 Å². The molecule has 0 fully saturated rings. The van der Waals surface area contributed by atoms with Gasteiger partial charge in [-0.1, -0.05) is 12.1 Å². The summed E-state index contributed by atoms with van der Waals surface area (Å²) in [5.41, 5.74) is 2.20. The Balaban J connectivity index is 2.09. The second kappa shape index (κ2) is 5.48. The maximum atomic E-state index is 13.6. The van der Waals surface area contributed by atoms with Crippen molar-refractivity contribution in [3.05, 3.63) is 63.6 Å². The number of benzene rings is 2. The van der Waals surface area contributed by atoms with Crippen LogP contribution in [-0.4, -0.2) is 0 Å². The summed E-state index contributed by atoms with van der Waals surface area (Å²) in [6.07, 6.45) is 0. The van der Waals surface area contributed by atoms with E-state index in [0.717, 1.165) is 11.1 Å². The van der Waals surface area contributed by atoms with Gasteiger partial charge in [-0.3, -0.25) is 0 Å². The molecule has 1 nitrogen and oxygen atoms in total. The molecule has 0 saturated heterocycles. The minimum Gasteiger partial charge on any atom is -0.379 e. The summed E-state index contributed by atoms with van der Waals surface area (Å²) >= 11 is 3.12. The van der Waals surface area contributed by atoms with Crippen LogP contribution in [0.25, 0.3) is 0 Å². The molecule has 0 heterocycles. The van der Waals surface area contributed by atoms with Crippen molar-refractivity contribution in [1.82, 2.24) is 0 Å². The predicted octanol–water partition coefficient (Wildman–Crippen LogP) is 4.65. The van der Waals surface area contributed by atoms with E-state index in [1.165, 1.54) is 12.1 Å². The van der Waals surface area contributed by atoms with Crippen molar-refractivity contribution in [3.63, 3.8) is 0 Å². The largest absolute Gasteiger partial charge is 0.379 e. The van der Waals surface area contributed by atoms with Gasteiger partial charge in [0.15, 0.2) is 0 Å². The van der Waals surface area contributed by atoms with Crippen LogP contribution in [0.15, 0.2) is 40.9 Å². The number of hydrogen-bond acceptors (Lipinski definition) is 1. The topological polar surface area (TPSA) is 12.0 Å². The second-order valence-electron chi connectivity index (χ2n) is 4.09. The van der Waals surface area contributed by atoms with Crippen molar-refractivity contribution in [1.29, 1.82) is 0 Å². The average molecular weight is 312 g/mol. The van der Waals surface area contributed by atoms with Crippen LogP contribution < -0.4 is 5.32 Å². The molecule has 0 radical (unpaired) electrons. The van der Waals surface area contributed by atoms with Crippen LogP contribution >= 0.6 is 15.9 Å². The predicted molar refractivity (Wildman–Crippen MR) is 72.6 cm³/mol. The van der Waals surface area contributed by atoms with E-state index in [1.54, 1.807) is 18.2 Å². The molecule has 0 unspecified atom stereocenters. The van der Waals surface area contributed by atoms with Gasteiger partial charge in [0.1, 0.15) is 11.6 Å². The normalized spacial score (nSPS) is 10.4. The fraction of sp³-hybridized carbons (Fsp3) is 0.143. The molecule has 0 aliphatic heterocycles. The van der Waals surface area contributed by atoms with Crippen molar-refractivity contribution in [2.45, 2.75) is 13.5 Å². The van der Waals surface area contributed by atoms with E-state index in [2.05, 4.69) is 21.2 Å². The van der Waals surface area contributed by atoms with Crippen LogP contribution in [0.2, 0.25) is 0 Å². The Hall–Kier alpha value is -1.42. The number of rotatable bonds is 3. The quantitative estimate of drug-likeness (QED) is 0.870. The first-order valence-corrected chi connectivity index (χ1v) is 6.29. The molecule has 0 atom stereocenters. The third kappa shape index (κ3) is 3.07. The zero-order chi connectivity index (χ0) is 13.1. The van der Waals surface area contributed by atoms with Gasteiger partial charge in [-0.05, 0) is 58.2 Å². The molecule has 2 aromatic carbocycles. The highest BCUT2D eigenvalue weighted by Gasteiger charge is 2.03. The molecule has 4 heteroatoms. The number of halogens is 3. The Morgan fingerprint density at radius 1 is 1.06 bits per heavy atom. The van der Waals surface area contributed by atoms with Crippen LogP contribution in [-0.2, 0) is 6.54 Å². The van der Waals surface area contributed by atoms with Crippen molar-refractivity contribution in [3.8, 4) is 0 Å². The van der Waals surface area contributed by atoms with Gasteiger partial charge in [-0.25, -0.2) is 8.78 Å². The summed E-state index contributed by atoms with van der Waals surface area (Å²) in [6, 6.07) is 9.73.